The lowest BCUT2D eigenvalue weighted by molar-refractivity contribution is 0.230. The molecule has 0 spiro atoms. The second kappa shape index (κ2) is 7.57. The van der Waals surface area contributed by atoms with Crippen LogP contribution in [0.4, 0.5) is 11.4 Å². The van der Waals surface area contributed by atoms with E-state index in [9.17, 15) is 0 Å². The fourth-order valence-electron chi connectivity index (χ4n) is 5.38. The van der Waals surface area contributed by atoms with Gasteiger partial charge in [0, 0.05) is 38.8 Å². The van der Waals surface area contributed by atoms with Crippen LogP contribution in [0.1, 0.15) is 0 Å². The van der Waals surface area contributed by atoms with E-state index in [4.69, 9.17) is 4.74 Å². The molecule has 1 aromatic heterocycles. The first-order valence-electron chi connectivity index (χ1n) is 11.2. The number of aromatic nitrogens is 1. The summed E-state index contributed by atoms with van der Waals surface area (Å²) in [5.74, 6) is 3.25. The summed E-state index contributed by atoms with van der Waals surface area (Å²) in [5.41, 5.74) is 4.83. The Labute approximate surface area is 183 Å². The second-order valence-electron chi connectivity index (χ2n) is 9.08. The van der Waals surface area contributed by atoms with Gasteiger partial charge in [-0.1, -0.05) is 42.5 Å². The number of hydrogen-bond acceptors (Lipinski definition) is 5. The third-order valence-electron chi connectivity index (χ3n) is 7.23. The van der Waals surface area contributed by atoms with Gasteiger partial charge < -0.3 is 15.0 Å². The van der Waals surface area contributed by atoms with Crippen LogP contribution in [-0.4, -0.2) is 49.3 Å². The molecule has 2 aromatic carbocycles. The van der Waals surface area contributed by atoms with E-state index in [1.807, 2.05) is 12.4 Å². The number of rotatable bonds is 6. The molecule has 2 fully saturated rings. The zero-order valence-electron chi connectivity index (χ0n) is 17.8. The normalized spacial score (nSPS) is 26.3. The Hall–Kier alpha value is -3.05. The maximum Gasteiger partial charge on any atom is 0.119 e. The first-order valence-corrected chi connectivity index (χ1v) is 11.2. The minimum absolute atomic E-state index is 0.326. The number of benzene rings is 2. The molecule has 0 bridgehead atoms. The molecule has 1 N–H and O–H groups in total. The Morgan fingerprint density at radius 2 is 1.81 bits per heavy atom. The lowest BCUT2D eigenvalue weighted by atomic mass is 10.1. The SMILES string of the molecule is CN1c2ccncc2NC1CN1C[C@@H]2C(COc3cccc(-c4ccccc4)c3)[C@@H]2C1. The van der Waals surface area contributed by atoms with Crippen molar-refractivity contribution in [1.82, 2.24) is 9.88 Å². The summed E-state index contributed by atoms with van der Waals surface area (Å²) in [6.45, 7) is 4.25. The molecule has 1 saturated carbocycles. The first kappa shape index (κ1) is 18.7. The highest BCUT2D eigenvalue weighted by molar-refractivity contribution is 5.74. The molecule has 4 atom stereocenters. The van der Waals surface area contributed by atoms with Gasteiger partial charge in [0.25, 0.3) is 0 Å². The number of piperidine rings is 1. The van der Waals surface area contributed by atoms with E-state index in [0.29, 0.717) is 12.1 Å². The van der Waals surface area contributed by atoms with Crippen molar-refractivity contribution >= 4 is 11.4 Å². The topological polar surface area (TPSA) is 40.6 Å². The molecular weight excluding hydrogens is 384 g/mol. The summed E-state index contributed by atoms with van der Waals surface area (Å²) in [6.07, 6.45) is 4.12. The molecular formula is C26H28N4O. The van der Waals surface area contributed by atoms with Crippen LogP contribution >= 0.6 is 0 Å². The number of pyridine rings is 1. The number of nitrogens with zero attached hydrogens (tertiary/aromatic N) is 3. The van der Waals surface area contributed by atoms with E-state index in [-0.39, 0.29) is 0 Å². The van der Waals surface area contributed by atoms with Crippen molar-refractivity contribution in [2.24, 2.45) is 17.8 Å². The van der Waals surface area contributed by atoms with Gasteiger partial charge in [0.15, 0.2) is 0 Å². The molecule has 5 nitrogen and oxygen atoms in total. The summed E-state index contributed by atoms with van der Waals surface area (Å²) in [4.78, 5) is 9.18. The Kier molecular flexibility index (Phi) is 4.57. The largest absolute Gasteiger partial charge is 0.493 e. The Morgan fingerprint density at radius 3 is 2.61 bits per heavy atom. The quantitative estimate of drug-likeness (QED) is 0.657. The number of ether oxygens (including phenoxy) is 1. The average Bonchev–Trinajstić information content (AvgIpc) is 3.12. The van der Waals surface area contributed by atoms with Crippen LogP contribution in [0.25, 0.3) is 11.1 Å². The Bertz CT molecular complexity index is 1060. The van der Waals surface area contributed by atoms with Gasteiger partial charge in [-0.3, -0.25) is 9.88 Å². The molecule has 0 radical (unpaired) electrons. The van der Waals surface area contributed by atoms with Crippen LogP contribution in [0.15, 0.2) is 73.1 Å². The van der Waals surface area contributed by atoms with Crippen molar-refractivity contribution in [3.8, 4) is 16.9 Å². The lowest BCUT2D eigenvalue weighted by Gasteiger charge is -2.28. The van der Waals surface area contributed by atoms with E-state index in [1.54, 1.807) is 0 Å². The van der Waals surface area contributed by atoms with Crippen LogP contribution in [0, 0.1) is 17.8 Å². The van der Waals surface area contributed by atoms with E-state index in [0.717, 1.165) is 36.4 Å². The van der Waals surface area contributed by atoms with Gasteiger partial charge in [-0.05, 0) is 41.2 Å². The smallest absolute Gasteiger partial charge is 0.119 e. The fourth-order valence-corrected chi connectivity index (χ4v) is 5.38. The summed E-state index contributed by atoms with van der Waals surface area (Å²) >= 11 is 0. The summed E-state index contributed by atoms with van der Waals surface area (Å²) in [5, 5.41) is 3.61. The lowest BCUT2D eigenvalue weighted by Crippen LogP contribution is -2.43. The van der Waals surface area contributed by atoms with Gasteiger partial charge >= 0.3 is 0 Å². The molecule has 3 heterocycles. The number of likely N-dealkylation sites (N-methyl/N-ethyl adjacent to an activating group) is 1. The van der Waals surface area contributed by atoms with Gasteiger partial charge in [-0.2, -0.15) is 0 Å². The standard InChI is InChI=1S/C26H28N4O/c1-29-25-10-11-27-13-24(25)28-26(29)16-30-14-21-22(15-30)23(21)17-31-20-9-5-8-19(12-20)18-6-3-2-4-7-18/h2-13,21-23,26,28H,14-17H2,1H3/t21-,22+,23?,26?. The number of nitrogens with one attached hydrogen (secondary N) is 1. The van der Waals surface area contributed by atoms with Gasteiger partial charge in [0.05, 0.1) is 24.2 Å². The van der Waals surface area contributed by atoms with E-state index >= 15 is 0 Å². The van der Waals surface area contributed by atoms with Gasteiger partial charge in [-0.25, -0.2) is 0 Å². The molecule has 1 saturated heterocycles. The predicted molar refractivity (Wildman–Crippen MR) is 124 cm³/mol. The molecule has 2 unspecified atom stereocenters. The van der Waals surface area contributed by atoms with E-state index in [1.165, 1.54) is 29.9 Å². The highest BCUT2D eigenvalue weighted by Gasteiger charge is 2.56. The molecule has 5 heteroatoms. The van der Waals surface area contributed by atoms with Crippen LogP contribution < -0.4 is 15.0 Å². The molecule has 2 aliphatic heterocycles. The molecule has 3 aliphatic rings. The minimum atomic E-state index is 0.326. The highest BCUT2D eigenvalue weighted by Crippen LogP contribution is 2.52. The van der Waals surface area contributed by atoms with Crippen molar-refractivity contribution in [2.45, 2.75) is 6.17 Å². The van der Waals surface area contributed by atoms with Gasteiger partial charge in [-0.15, -0.1) is 0 Å². The number of hydrogen-bond donors (Lipinski definition) is 1. The van der Waals surface area contributed by atoms with Crippen LogP contribution in [0.3, 0.4) is 0 Å². The van der Waals surface area contributed by atoms with Crippen molar-refractivity contribution < 1.29 is 4.74 Å². The summed E-state index contributed by atoms with van der Waals surface area (Å²) < 4.78 is 6.21. The minimum Gasteiger partial charge on any atom is -0.493 e. The van der Waals surface area contributed by atoms with Crippen LogP contribution in [-0.2, 0) is 0 Å². The molecule has 158 valence electrons. The second-order valence-corrected chi connectivity index (χ2v) is 9.08. The third kappa shape index (κ3) is 3.53. The van der Waals surface area contributed by atoms with Crippen LogP contribution in [0.5, 0.6) is 5.75 Å². The van der Waals surface area contributed by atoms with Crippen molar-refractivity contribution in [3.05, 3.63) is 73.1 Å². The monoisotopic (exact) mass is 412 g/mol. The van der Waals surface area contributed by atoms with Crippen molar-refractivity contribution in [3.63, 3.8) is 0 Å². The summed E-state index contributed by atoms with van der Waals surface area (Å²) in [6, 6.07) is 21.1. The maximum absolute atomic E-state index is 6.21. The fraction of sp³-hybridized carbons (Fsp3) is 0.346. The Balaban J connectivity index is 1.00. The summed E-state index contributed by atoms with van der Waals surface area (Å²) in [7, 11) is 2.17. The number of fused-ring (bicyclic) bond motifs is 2. The molecule has 31 heavy (non-hydrogen) atoms. The first-order chi connectivity index (χ1) is 15.3. The van der Waals surface area contributed by atoms with Crippen LogP contribution in [0.2, 0.25) is 0 Å². The van der Waals surface area contributed by atoms with Gasteiger partial charge in [0.1, 0.15) is 11.9 Å². The molecule has 1 aliphatic carbocycles. The predicted octanol–water partition coefficient (Wildman–Crippen LogP) is 4.19. The molecule has 0 amide bonds. The zero-order chi connectivity index (χ0) is 20.8. The van der Waals surface area contributed by atoms with E-state index in [2.05, 4.69) is 87.8 Å². The third-order valence-corrected chi connectivity index (χ3v) is 7.23. The zero-order valence-corrected chi connectivity index (χ0v) is 17.8. The number of likely N-dealkylation sites (tertiary alicyclic amines) is 1. The van der Waals surface area contributed by atoms with Crippen molar-refractivity contribution in [1.29, 1.82) is 0 Å². The van der Waals surface area contributed by atoms with Gasteiger partial charge in [0.2, 0.25) is 0 Å². The number of anilines is 2. The average molecular weight is 413 g/mol. The van der Waals surface area contributed by atoms with Crippen molar-refractivity contribution in [2.75, 3.05) is 43.5 Å². The highest BCUT2D eigenvalue weighted by atomic mass is 16.5. The molecule has 3 aromatic rings. The Morgan fingerprint density at radius 1 is 1.00 bits per heavy atom. The van der Waals surface area contributed by atoms with E-state index < -0.39 is 0 Å². The maximum atomic E-state index is 6.21. The molecule has 6 rings (SSSR count).